The van der Waals surface area contributed by atoms with E-state index in [9.17, 15) is 4.79 Å². The van der Waals surface area contributed by atoms with Crippen LogP contribution in [0.4, 0.5) is 0 Å². The largest absolute Gasteiger partial charge is 0.488 e. The minimum absolute atomic E-state index is 0.0934. The molecule has 0 radical (unpaired) electrons. The number of benzene rings is 2. The number of hydrogen-bond donors (Lipinski definition) is 1. The first-order valence-corrected chi connectivity index (χ1v) is 7.55. The molecule has 126 valence electrons. The van der Waals surface area contributed by atoms with E-state index >= 15 is 0 Å². The molecule has 0 bridgehead atoms. The molecule has 1 N–H and O–H groups in total. The minimum Gasteiger partial charge on any atom is -0.488 e. The third-order valence-electron chi connectivity index (χ3n) is 3.11. The second-order valence-electron chi connectivity index (χ2n) is 5.06. The third-order valence-corrected chi connectivity index (χ3v) is 3.11. The van der Waals surface area contributed by atoms with Gasteiger partial charge in [-0.3, -0.25) is 4.79 Å². The molecule has 0 unspecified atom stereocenters. The Labute approximate surface area is 141 Å². The van der Waals surface area contributed by atoms with E-state index in [1.165, 1.54) is 20.3 Å². The summed E-state index contributed by atoms with van der Waals surface area (Å²) in [6, 6.07) is 17.3. The topological polar surface area (TPSA) is 56.8 Å². The molecular weight excluding hydrogens is 306 g/mol. The Morgan fingerprint density at radius 1 is 1.08 bits per heavy atom. The van der Waals surface area contributed by atoms with Gasteiger partial charge >= 0.3 is 0 Å². The molecule has 0 aliphatic carbocycles. The van der Waals surface area contributed by atoms with Gasteiger partial charge in [-0.2, -0.15) is 0 Å². The summed E-state index contributed by atoms with van der Waals surface area (Å²) in [5.74, 6) is 0.461. The average Bonchev–Trinajstić information content (AvgIpc) is 2.60. The number of carbonyl (C=O) groups excluding carboxylic acids is 1. The molecule has 2 aromatic carbocycles. The van der Waals surface area contributed by atoms with E-state index in [1.807, 2.05) is 54.6 Å². The van der Waals surface area contributed by atoms with Gasteiger partial charge < -0.3 is 19.5 Å². The van der Waals surface area contributed by atoms with Crippen molar-refractivity contribution in [1.82, 2.24) is 5.32 Å². The van der Waals surface area contributed by atoms with Gasteiger partial charge in [0.1, 0.15) is 18.6 Å². The van der Waals surface area contributed by atoms with Crippen LogP contribution >= 0.6 is 0 Å². The molecule has 0 saturated carbocycles. The first-order chi connectivity index (χ1) is 11.7. The lowest BCUT2D eigenvalue weighted by Crippen LogP contribution is -2.19. The van der Waals surface area contributed by atoms with Crippen LogP contribution in [-0.2, 0) is 20.9 Å². The monoisotopic (exact) mass is 327 g/mol. The zero-order valence-corrected chi connectivity index (χ0v) is 13.8. The van der Waals surface area contributed by atoms with E-state index in [0.29, 0.717) is 18.1 Å². The first kappa shape index (κ1) is 17.6. The van der Waals surface area contributed by atoms with Crippen molar-refractivity contribution in [2.24, 2.45) is 0 Å². The highest BCUT2D eigenvalue weighted by Crippen LogP contribution is 2.25. The Morgan fingerprint density at radius 3 is 2.50 bits per heavy atom. The summed E-state index contributed by atoms with van der Waals surface area (Å²) in [5.41, 5.74) is 2.32. The number of amides is 1. The van der Waals surface area contributed by atoms with Gasteiger partial charge in [0, 0.05) is 19.6 Å². The lowest BCUT2D eigenvalue weighted by atomic mass is 10.1. The van der Waals surface area contributed by atoms with E-state index in [0.717, 1.165) is 11.1 Å². The molecule has 0 fully saturated rings. The summed E-state index contributed by atoms with van der Waals surface area (Å²) in [7, 11) is 1.53. The normalized spacial score (nSPS) is 11.0. The van der Waals surface area contributed by atoms with E-state index in [4.69, 9.17) is 14.2 Å². The van der Waals surface area contributed by atoms with Gasteiger partial charge in [-0.05, 0) is 17.7 Å². The summed E-state index contributed by atoms with van der Waals surface area (Å²) in [6.45, 7) is 1.97. The van der Waals surface area contributed by atoms with Crippen LogP contribution in [0.1, 0.15) is 18.1 Å². The summed E-state index contributed by atoms with van der Waals surface area (Å²) >= 11 is 0. The zero-order valence-electron chi connectivity index (χ0n) is 13.8. The molecule has 5 heteroatoms. The summed E-state index contributed by atoms with van der Waals surface area (Å²) in [5, 5.41) is 2.76. The summed E-state index contributed by atoms with van der Waals surface area (Å²) in [6.07, 6.45) is 1.45. The second-order valence-corrected chi connectivity index (χ2v) is 5.06. The number of methoxy groups -OCH3 is 1. The van der Waals surface area contributed by atoms with Crippen molar-refractivity contribution >= 4 is 11.6 Å². The molecule has 1 amide bonds. The van der Waals surface area contributed by atoms with E-state index < -0.39 is 0 Å². The van der Waals surface area contributed by atoms with Gasteiger partial charge in [0.25, 0.3) is 0 Å². The molecular formula is C19H21NO4. The highest BCUT2D eigenvalue weighted by atomic mass is 16.7. The van der Waals surface area contributed by atoms with Crippen molar-refractivity contribution in [3.63, 3.8) is 0 Å². The molecule has 0 aliphatic rings. The van der Waals surface area contributed by atoms with Crippen molar-refractivity contribution in [2.75, 3.05) is 13.9 Å². The molecule has 2 aromatic rings. The Balaban J connectivity index is 2.20. The number of nitrogens with one attached hydrogen (secondary N) is 1. The SMILES string of the molecule is COCO/C=C(/NC(C)=O)c1ccccc1OCc1ccccc1. The molecule has 24 heavy (non-hydrogen) atoms. The van der Waals surface area contributed by atoms with Gasteiger partial charge in [0.05, 0.1) is 5.70 Å². The van der Waals surface area contributed by atoms with Crippen LogP contribution in [0.3, 0.4) is 0 Å². The third kappa shape index (κ3) is 5.44. The minimum atomic E-state index is -0.194. The zero-order chi connectivity index (χ0) is 17.2. The molecule has 0 heterocycles. The molecule has 0 spiro atoms. The highest BCUT2D eigenvalue weighted by molar-refractivity contribution is 5.85. The average molecular weight is 327 g/mol. The van der Waals surface area contributed by atoms with Crippen LogP contribution in [0.2, 0.25) is 0 Å². The fourth-order valence-corrected chi connectivity index (χ4v) is 2.09. The fourth-order valence-electron chi connectivity index (χ4n) is 2.09. The van der Waals surface area contributed by atoms with Gasteiger partial charge in [0.2, 0.25) is 5.91 Å². The van der Waals surface area contributed by atoms with Crippen molar-refractivity contribution in [2.45, 2.75) is 13.5 Å². The number of ether oxygens (including phenoxy) is 3. The lowest BCUT2D eigenvalue weighted by Gasteiger charge is -2.14. The first-order valence-electron chi connectivity index (χ1n) is 7.55. The van der Waals surface area contributed by atoms with Crippen LogP contribution in [-0.4, -0.2) is 19.8 Å². The number of para-hydroxylation sites is 1. The summed E-state index contributed by atoms with van der Waals surface area (Å²) in [4.78, 5) is 11.5. The maximum Gasteiger partial charge on any atom is 0.221 e. The van der Waals surface area contributed by atoms with E-state index in [2.05, 4.69) is 5.32 Å². The molecule has 0 saturated heterocycles. The Kier molecular flexibility index (Phi) is 6.86. The summed E-state index contributed by atoms with van der Waals surface area (Å²) < 4.78 is 16.0. The lowest BCUT2D eigenvalue weighted by molar-refractivity contribution is -0.117. The quantitative estimate of drug-likeness (QED) is 0.459. The maximum atomic E-state index is 11.5. The smallest absolute Gasteiger partial charge is 0.221 e. The predicted octanol–water partition coefficient (Wildman–Crippen LogP) is 3.32. The van der Waals surface area contributed by atoms with Crippen molar-refractivity contribution in [1.29, 1.82) is 0 Å². The number of carbonyl (C=O) groups is 1. The van der Waals surface area contributed by atoms with Gasteiger partial charge in [0.15, 0.2) is 6.79 Å². The van der Waals surface area contributed by atoms with Crippen molar-refractivity contribution in [3.05, 3.63) is 72.0 Å². The maximum absolute atomic E-state index is 11.5. The molecule has 2 rings (SSSR count). The standard InChI is InChI=1S/C19H21NO4/c1-15(21)20-18(13-23-14-22-2)17-10-6-7-11-19(17)24-12-16-8-4-3-5-9-16/h3-11,13H,12,14H2,1-2H3,(H,20,21)/b18-13+. The second kappa shape index (κ2) is 9.37. The Hall–Kier alpha value is -2.79. The molecule has 0 aromatic heterocycles. The van der Waals surface area contributed by atoms with Crippen LogP contribution in [0.15, 0.2) is 60.9 Å². The van der Waals surface area contributed by atoms with Crippen LogP contribution in [0.25, 0.3) is 5.70 Å². The molecule has 5 nitrogen and oxygen atoms in total. The Bertz CT molecular complexity index is 683. The van der Waals surface area contributed by atoms with Gasteiger partial charge in [-0.25, -0.2) is 0 Å². The van der Waals surface area contributed by atoms with E-state index in [1.54, 1.807) is 0 Å². The van der Waals surface area contributed by atoms with Gasteiger partial charge in [-0.15, -0.1) is 0 Å². The van der Waals surface area contributed by atoms with E-state index in [-0.39, 0.29) is 12.7 Å². The molecule has 0 aliphatic heterocycles. The van der Waals surface area contributed by atoms with Crippen LogP contribution < -0.4 is 10.1 Å². The van der Waals surface area contributed by atoms with Crippen LogP contribution in [0, 0.1) is 0 Å². The van der Waals surface area contributed by atoms with Crippen molar-refractivity contribution in [3.8, 4) is 5.75 Å². The van der Waals surface area contributed by atoms with Crippen LogP contribution in [0.5, 0.6) is 5.75 Å². The molecule has 0 atom stereocenters. The van der Waals surface area contributed by atoms with Crippen molar-refractivity contribution < 1.29 is 19.0 Å². The predicted molar refractivity (Wildman–Crippen MR) is 92.0 cm³/mol. The number of hydrogen-bond acceptors (Lipinski definition) is 4. The Morgan fingerprint density at radius 2 is 1.79 bits per heavy atom. The highest BCUT2D eigenvalue weighted by Gasteiger charge is 2.11. The fraction of sp³-hybridized carbons (Fsp3) is 0.211. The number of rotatable bonds is 8. The van der Waals surface area contributed by atoms with Gasteiger partial charge in [-0.1, -0.05) is 42.5 Å².